The van der Waals surface area contributed by atoms with Crippen molar-refractivity contribution in [2.24, 2.45) is 0 Å². The Balaban J connectivity index is 0.000000339. The molecule has 31 heavy (non-hydrogen) atoms. The summed E-state index contributed by atoms with van der Waals surface area (Å²) in [6.07, 6.45) is -1.44. The van der Waals surface area contributed by atoms with Gasteiger partial charge in [0.15, 0.2) is 0 Å². The van der Waals surface area contributed by atoms with Crippen molar-refractivity contribution in [2.75, 3.05) is 26.2 Å². The number of nitrogens with zero attached hydrogens (tertiary/aromatic N) is 2. The highest BCUT2D eigenvalue weighted by molar-refractivity contribution is 7.89. The topological polar surface area (TPSA) is 115 Å². The largest absolute Gasteiger partial charge is 0.490 e. The summed E-state index contributed by atoms with van der Waals surface area (Å²) < 4.78 is 58.6. The van der Waals surface area contributed by atoms with Gasteiger partial charge >= 0.3 is 12.1 Å². The molecule has 166 valence electrons. The van der Waals surface area contributed by atoms with Crippen molar-refractivity contribution in [3.8, 4) is 11.1 Å². The van der Waals surface area contributed by atoms with Crippen LogP contribution in [0.1, 0.15) is 0 Å². The lowest BCUT2D eigenvalue weighted by Gasteiger charge is -2.26. The molecule has 0 spiro atoms. The summed E-state index contributed by atoms with van der Waals surface area (Å²) in [5.41, 5.74) is 2.76. The minimum atomic E-state index is -5.08. The summed E-state index contributed by atoms with van der Waals surface area (Å²) >= 11 is 0. The van der Waals surface area contributed by atoms with Gasteiger partial charge in [0.1, 0.15) is 5.65 Å². The molecule has 3 aromatic rings. The molecule has 2 aromatic heterocycles. The first-order valence-corrected chi connectivity index (χ1v) is 10.6. The van der Waals surface area contributed by atoms with Crippen LogP contribution in [0.25, 0.3) is 22.2 Å². The smallest absolute Gasteiger partial charge is 0.475 e. The number of nitrogens with one attached hydrogen (secondary N) is 2. The van der Waals surface area contributed by atoms with Crippen molar-refractivity contribution in [1.29, 1.82) is 0 Å². The number of carbonyl (C=O) groups is 1. The number of alkyl halides is 3. The summed E-state index contributed by atoms with van der Waals surface area (Å²) in [4.78, 5) is 16.7. The third-order valence-electron chi connectivity index (χ3n) is 4.54. The summed E-state index contributed by atoms with van der Waals surface area (Å²) in [5.74, 6) is -2.76. The zero-order valence-corrected chi connectivity index (χ0v) is 16.9. The molecule has 1 aliphatic rings. The van der Waals surface area contributed by atoms with Gasteiger partial charge in [-0.3, -0.25) is 0 Å². The zero-order valence-electron chi connectivity index (χ0n) is 16.1. The molecule has 1 aromatic carbocycles. The molecule has 0 saturated carbocycles. The van der Waals surface area contributed by atoms with E-state index in [9.17, 15) is 21.6 Å². The number of sulfonamides is 1. The lowest BCUT2D eigenvalue weighted by Crippen LogP contribution is -2.46. The Labute approximate surface area is 175 Å². The first kappa shape index (κ1) is 22.7. The predicted octanol–water partition coefficient (Wildman–Crippen LogP) is 2.46. The summed E-state index contributed by atoms with van der Waals surface area (Å²) in [7, 11) is -3.41. The van der Waals surface area contributed by atoms with Crippen LogP contribution in [0, 0.1) is 0 Å². The molecule has 8 nitrogen and oxygen atoms in total. The van der Waals surface area contributed by atoms with Crippen molar-refractivity contribution in [1.82, 2.24) is 19.6 Å². The third kappa shape index (κ3) is 5.40. The molecule has 0 radical (unpaired) electrons. The Bertz CT molecular complexity index is 1150. The fourth-order valence-corrected chi connectivity index (χ4v) is 4.39. The lowest BCUT2D eigenvalue weighted by molar-refractivity contribution is -0.192. The van der Waals surface area contributed by atoms with Crippen LogP contribution < -0.4 is 5.32 Å². The van der Waals surface area contributed by atoms with Gasteiger partial charge < -0.3 is 15.4 Å². The van der Waals surface area contributed by atoms with Crippen molar-refractivity contribution in [3.63, 3.8) is 0 Å². The maximum atomic E-state index is 12.7. The fourth-order valence-electron chi connectivity index (χ4n) is 2.95. The van der Waals surface area contributed by atoms with E-state index in [1.807, 2.05) is 30.5 Å². The number of piperazine rings is 1. The van der Waals surface area contributed by atoms with Crippen molar-refractivity contribution >= 4 is 27.0 Å². The van der Waals surface area contributed by atoms with Crippen molar-refractivity contribution < 1.29 is 31.5 Å². The van der Waals surface area contributed by atoms with Crippen LogP contribution in [0.15, 0.2) is 53.7 Å². The molecule has 0 aliphatic carbocycles. The number of fused-ring (bicyclic) bond motifs is 1. The van der Waals surface area contributed by atoms with Crippen LogP contribution in [-0.2, 0) is 14.8 Å². The van der Waals surface area contributed by atoms with E-state index < -0.39 is 22.2 Å². The fraction of sp³-hybridized carbons (Fsp3) is 0.263. The van der Waals surface area contributed by atoms with Crippen LogP contribution >= 0.6 is 0 Å². The Morgan fingerprint density at radius 2 is 1.68 bits per heavy atom. The van der Waals surface area contributed by atoms with Gasteiger partial charge in [0.25, 0.3) is 0 Å². The molecule has 3 N–H and O–H groups in total. The number of aromatic amines is 1. The maximum absolute atomic E-state index is 12.7. The minimum Gasteiger partial charge on any atom is -0.475 e. The number of aromatic nitrogens is 2. The highest BCUT2D eigenvalue weighted by atomic mass is 32.2. The van der Waals surface area contributed by atoms with E-state index in [1.165, 1.54) is 4.31 Å². The van der Waals surface area contributed by atoms with Crippen LogP contribution in [0.4, 0.5) is 13.2 Å². The number of halogens is 3. The average Bonchev–Trinajstić information content (AvgIpc) is 3.22. The second kappa shape index (κ2) is 9.04. The van der Waals surface area contributed by atoms with E-state index in [2.05, 4.69) is 15.3 Å². The van der Waals surface area contributed by atoms with Crippen molar-refractivity contribution in [2.45, 2.75) is 11.1 Å². The first-order chi connectivity index (χ1) is 14.6. The number of H-pyrrole nitrogens is 1. The standard InChI is InChI=1S/C17H18N4O2S.C2HF3O2/c22-24(23,21-9-7-18-8-10-21)16-3-1-13(2-4-16)15-11-14-5-6-19-17(14)20-12-15;3-2(4,5)1(6)7/h1-6,11-12,18H,7-10H2,(H,19,20);(H,6,7). The second-order valence-corrected chi connectivity index (χ2v) is 8.56. The van der Waals surface area contributed by atoms with E-state index in [4.69, 9.17) is 9.90 Å². The lowest BCUT2D eigenvalue weighted by atomic mass is 10.1. The molecular formula is C19H19F3N4O4S. The van der Waals surface area contributed by atoms with Gasteiger partial charge in [0.2, 0.25) is 10.0 Å². The van der Waals surface area contributed by atoms with E-state index >= 15 is 0 Å². The number of benzene rings is 1. The van der Waals surface area contributed by atoms with Crippen LogP contribution in [0.2, 0.25) is 0 Å². The molecular weight excluding hydrogens is 437 g/mol. The van der Waals surface area contributed by atoms with Crippen LogP contribution in [0.3, 0.4) is 0 Å². The highest BCUT2D eigenvalue weighted by Gasteiger charge is 2.38. The summed E-state index contributed by atoms with van der Waals surface area (Å²) in [6, 6.07) is 11.0. The molecule has 1 fully saturated rings. The SMILES string of the molecule is O=C(O)C(F)(F)F.O=S(=O)(c1ccc(-c2cnc3[nH]ccc3c2)cc1)N1CCNCC1. The Morgan fingerprint density at radius 1 is 1.06 bits per heavy atom. The van der Waals surface area contributed by atoms with Crippen LogP contribution in [0.5, 0.6) is 0 Å². The molecule has 3 heterocycles. The minimum absolute atomic E-state index is 0.337. The van der Waals surface area contributed by atoms with Gasteiger partial charge in [-0.05, 0) is 29.8 Å². The highest BCUT2D eigenvalue weighted by Crippen LogP contribution is 2.25. The van der Waals surface area contributed by atoms with Gasteiger partial charge in [-0.25, -0.2) is 18.2 Å². The molecule has 4 rings (SSSR count). The average molecular weight is 456 g/mol. The molecule has 1 aliphatic heterocycles. The molecule has 0 bridgehead atoms. The number of pyridine rings is 1. The van der Waals surface area contributed by atoms with E-state index in [1.54, 1.807) is 18.3 Å². The van der Waals surface area contributed by atoms with Gasteiger partial charge in [-0.15, -0.1) is 0 Å². The van der Waals surface area contributed by atoms with Gasteiger partial charge in [0, 0.05) is 49.5 Å². The molecule has 1 saturated heterocycles. The predicted molar refractivity (Wildman–Crippen MR) is 107 cm³/mol. The number of hydrogen-bond donors (Lipinski definition) is 3. The Hall–Kier alpha value is -2.96. The third-order valence-corrected chi connectivity index (χ3v) is 6.46. The van der Waals surface area contributed by atoms with E-state index in [0.29, 0.717) is 31.1 Å². The number of hydrogen-bond acceptors (Lipinski definition) is 5. The molecule has 0 amide bonds. The summed E-state index contributed by atoms with van der Waals surface area (Å²) in [5, 5.41) is 11.3. The molecule has 0 unspecified atom stereocenters. The second-order valence-electron chi connectivity index (χ2n) is 6.62. The first-order valence-electron chi connectivity index (χ1n) is 9.13. The Morgan fingerprint density at radius 3 is 2.26 bits per heavy atom. The van der Waals surface area contributed by atoms with Gasteiger partial charge in [-0.1, -0.05) is 12.1 Å². The van der Waals surface area contributed by atoms with E-state index in [-0.39, 0.29) is 0 Å². The van der Waals surface area contributed by atoms with Crippen LogP contribution in [-0.4, -0.2) is 66.1 Å². The normalized spacial score (nSPS) is 15.3. The number of rotatable bonds is 3. The monoisotopic (exact) mass is 456 g/mol. The number of carboxylic acid groups (broad SMARTS) is 1. The number of aliphatic carboxylic acids is 1. The molecule has 12 heteroatoms. The zero-order chi connectivity index (χ0) is 22.6. The number of carboxylic acids is 1. The van der Waals surface area contributed by atoms with Crippen molar-refractivity contribution in [3.05, 3.63) is 48.8 Å². The molecule has 0 atom stereocenters. The van der Waals surface area contributed by atoms with E-state index in [0.717, 1.165) is 22.2 Å². The summed E-state index contributed by atoms with van der Waals surface area (Å²) in [6.45, 7) is 2.41. The van der Waals surface area contributed by atoms with Gasteiger partial charge in [-0.2, -0.15) is 17.5 Å². The quantitative estimate of drug-likeness (QED) is 0.558. The Kier molecular flexibility index (Phi) is 6.62. The van der Waals surface area contributed by atoms with Gasteiger partial charge in [0.05, 0.1) is 4.90 Å². The maximum Gasteiger partial charge on any atom is 0.490 e.